The van der Waals surface area contributed by atoms with Crippen LogP contribution in [0.5, 0.6) is 0 Å². The van der Waals surface area contributed by atoms with Crippen LogP contribution in [0.3, 0.4) is 0 Å². The molecular weight excluding hydrogens is 427 g/mol. The second kappa shape index (κ2) is 9.30. The van der Waals surface area contributed by atoms with E-state index in [1.54, 1.807) is 16.8 Å². The molecule has 0 aliphatic carbocycles. The summed E-state index contributed by atoms with van der Waals surface area (Å²) in [7, 11) is 0. The molecule has 1 saturated heterocycles. The molecule has 152 valence electrons. The molecule has 0 amide bonds. The van der Waals surface area contributed by atoms with Crippen LogP contribution in [0.4, 0.5) is 11.4 Å². The Bertz CT molecular complexity index is 1020. The van der Waals surface area contributed by atoms with E-state index in [1.807, 2.05) is 30.3 Å². The maximum absolute atomic E-state index is 6.31. The number of piperidine rings is 1. The van der Waals surface area contributed by atoms with Crippen molar-refractivity contribution < 1.29 is 4.42 Å². The van der Waals surface area contributed by atoms with E-state index in [0.29, 0.717) is 39.6 Å². The summed E-state index contributed by atoms with van der Waals surface area (Å²) in [5.74, 6) is 0.589. The van der Waals surface area contributed by atoms with Crippen LogP contribution in [-0.2, 0) is 13.1 Å². The number of anilines is 2. The minimum atomic E-state index is 0.408. The number of hydrogen-bond acceptors (Lipinski definition) is 5. The van der Waals surface area contributed by atoms with Gasteiger partial charge in [-0.15, -0.1) is 5.10 Å². The SMILES string of the molecule is S=c1oc(Cc2ccccc2Nc2c(Cl)cccc2Cl)nn1CN1CCCCC1. The molecule has 4 rings (SSSR count). The molecule has 1 fully saturated rings. The zero-order valence-corrected chi connectivity index (χ0v) is 18.2. The van der Waals surface area contributed by atoms with Gasteiger partial charge in [0.05, 0.1) is 28.8 Å². The highest BCUT2D eigenvalue weighted by molar-refractivity contribution is 7.71. The van der Waals surface area contributed by atoms with E-state index in [9.17, 15) is 0 Å². The van der Waals surface area contributed by atoms with Crippen molar-refractivity contribution in [3.05, 3.63) is 68.8 Å². The van der Waals surface area contributed by atoms with Crippen LogP contribution in [0.1, 0.15) is 30.7 Å². The highest BCUT2D eigenvalue weighted by Crippen LogP contribution is 2.34. The smallest absolute Gasteiger partial charge is 0.288 e. The zero-order chi connectivity index (χ0) is 20.2. The molecule has 1 aromatic heterocycles. The van der Waals surface area contributed by atoms with Crippen molar-refractivity contribution in [2.75, 3.05) is 18.4 Å². The van der Waals surface area contributed by atoms with Gasteiger partial charge in [0, 0.05) is 5.69 Å². The van der Waals surface area contributed by atoms with Gasteiger partial charge in [-0.25, -0.2) is 4.68 Å². The molecule has 0 radical (unpaired) electrons. The zero-order valence-electron chi connectivity index (χ0n) is 15.9. The summed E-state index contributed by atoms with van der Waals surface area (Å²) < 4.78 is 7.55. The van der Waals surface area contributed by atoms with E-state index in [1.165, 1.54) is 19.3 Å². The quantitative estimate of drug-likeness (QED) is 0.448. The summed E-state index contributed by atoms with van der Waals surface area (Å²) in [6.07, 6.45) is 4.26. The number of rotatable bonds is 6. The van der Waals surface area contributed by atoms with E-state index in [0.717, 1.165) is 24.3 Å². The van der Waals surface area contributed by atoms with Gasteiger partial charge >= 0.3 is 0 Å². The summed E-state index contributed by atoms with van der Waals surface area (Å²) in [6, 6.07) is 13.4. The molecule has 0 unspecified atom stereocenters. The Balaban J connectivity index is 1.53. The Kier molecular flexibility index (Phi) is 6.55. The number of benzene rings is 2. The number of halogens is 2. The van der Waals surface area contributed by atoms with Gasteiger partial charge in [-0.05, 0) is 61.9 Å². The number of likely N-dealkylation sites (tertiary alicyclic amines) is 1. The topological polar surface area (TPSA) is 46.2 Å². The normalized spacial score (nSPS) is 14.8. The van der Waals surface area contributed by atoms with Crippen LogP contribution >= 0.6 is 35.4 Å². The Morgan fingerprint density at radius 2 is 1.72 bits per heavy atom. The monoisotopic (exact) mass is 448 g/mol. The van der Waals surface area contributed by atoms with Crippen LogP contribution in [-0.4, -0.2) is 27.8 Å². The van der Waals surface area contributed by atoms with E-state index in [4.69, 9.17) is 39.8 Å². The Morgan fingerprint density at radius 1 is 1.00 bits per heavy atom. The summed E-state index contributed by atoms with van der Waals surface area (Å²) in [4.78, 5) is 2.77. The lowest BCUT2D eigenvalue weighted by Crippen LogP contribution is -2.32. The van der Waals surface area contributed by atoms with E-state index in [2.05, 4.69) is 15.3 Å². The van der Waals surface area contributed by atoms with Crippen molar-refractivity contribution in [1.29, 1.82) is 0 Å². The van der Waals surface area contributed by atoms with E-state index >= 15 is 0 Å². The predicted octanol–water partition coefficient (Wildman–Crippen LogP) is 6.29. The van der Waals surface area contributed by atoms with E-state index in [-0.39, 0.29) is 0 Å². The van der Waals surface area contributed by atoms with Crippen molar-refractivity contribution >= 4 is 46.8 Å². The van der Waals surface area contributed by atoms with Gasteiger partial charge in [0.2, 0.25) is 5.89 Å². The number of aromatic nitrogens is 2. The van der Waals surface area contributed by atoms with Gasteiger partial charge in [-0.2, -0.15) is 0 Å². The molecule has 1 aliphatic heterocycles. The first-order valence-electron chi connectivity index (χ1n) is 9.68. The standard InChI is InChI=1S/C21H22Cl2N4OS/c22-16-8-6-9-17(23)20(16)24-18-10-3-2-7-15(18)13-19-25-27(21(29)28-19)14-26-11-4-1-5-12-26/h2-3,6-10,24H,1,4-5,11-14H2. The predicted molar refractivity (Wildman–Crippen MR) is 120 cm³/mol. The third-order valence-electron chi connectivity index (χ3n) is 5.01. The van der Waals surface area contributed by atoms with Gasteiger partial charge in [0.25, 0.3) is 4.84 Å². The number of hydrogen-bond donors (Lipinski definition) is 1. The highest BCUT2D eigenvalue weighted by atomic mass is 35.5. The second-order valence-electron chi connectivity index (χ2n) is 7.14. The largest absolute Gasteiger partial charge is 0.414 e. The fraction of sp³-hybridized carbons (Fsp3) is 0.333. The number of para-hydroxylation sites is 2. The molecule has 2 aromatic carbocycles. The minimum absolute atomic E-state index is 0.408. The van der Waals surface area contributed by atoms with Gasteiger partial charge in [-0.3, -0.25) is 4.90 Å². The highest BCUT2D eigenvalue weighted by Gasteiger charge is 2.15. The van der Waals surface area contributed by atoms with Crippen LogP contribution in [0, 0.1) is 4.84 Å². The lowest BCUT2D eigenvalue weighted by atomic mass is 10.1. The van der Waals surface area contributed by atoms with Crippen LogP contribution in [0.2, 0.25) is 10.0 Å². The van der Waals surface area contributed by atoms with Crippen LogP contribution < -0.4 is 5.32 Å². The average Bonchev–Trinajstić information content (AvgIpc) is 3.05. The lowest BCUT2D eigenvalue weighted by molar-refractivity contribution is 0.170. The Morgan fingerprint density at radius 3 is 2.48 bits per heavy atom. The molecule has 0 atom stereocenters. The lowest BCUT2D eigenvalue weighted by Gasteiger charge is -2.25. The number of nitrogens with zero attached hydrogens (tertiary/aromatic N) is 3. The Labute approximate surface area is 185 Å². The first-order chi connectivity index (χ1) is 14.1. The van der Waals surface area contributed by atoms with Crippen LogP contribution in [0.25, 0.3) is 0 Å². The number of nitrogens with one attached hydrogen (secondary N) is 1. The maximum atomic E-state index is 6.31. The Hall–Kier alpha value is -1.86. The molecule has 0 bridgehead atoms. The summed E-state index contributed by atoms with van der Waals surface area (Å²) in [6.45, 7) is 2.84. The first-order valence-corrected chi connectivity index (χ1v) is 10.8. The van der Waals surface area contributed by atoms with Gasteiger partial charge in [0.1, 0.15) is 0 Å². The van der Waals surface area contributed by atoms with Crippen molar-refractivity contribution in [3.63, 3.8) is 0 Å². The minimum Gasteiger partial charge on any atom is -0.414 e. The third kappa shape index (κ3) is 5.01. The van der Waals surface area contributed by atoms with Gasteiger partial charge in [-0.1, -0.05) is 53.9 Å². The molecule has 1 aliphatic rings. The summed E-state index contributed by atoms with van der Waals surface area (Å²) in [5.41, 5.74) is 2.60. The molecule has 1 N–H and O–H groups in total. The van der Waals surface area contributed by atoms with Crippen molar-refractivity contribution in [1.82, 2.24) is 14.7 Å². The molecular formula is C21H22Cl2N4OS. The molecule has 0 saturated carbocycles. The third-order valence-corrected chi connectivity index (χ3v) is 5.94. The van der Waals surface area contributed by atoms with Crippen molar-refractivity contribution in [3.8, 4) is 0 Å². The maximum Gasteiger partial charge on any atom is 0.288 e. The molecule has 5 nitrogen and oxygen atoms in total. The fourth-order valence-corrected chi connectivity index (χ4v) is 4.20. The second-order valence-corrected chi connectivity index (χ2v) is 8.30. The van der Waals surface area contributed by atoms with Crippen molar-refractivity contribution in [2.45, 2.75) is 32.4 Å². The summed E-state index contributed by atoms with van der Waals surface area (Å²) in [5, 5.41) is 9.08. The molecule has 2 heterocycles. The molecule has 3 aromatic rings. The van der Waals surface area contributed by atoms with Crippen molar-refractivity contribution in [2.24, 2.45) is 0 Å². The van der Waals surface area contributed by atoms with Gasteiger partial charge in [0.15, 0.2) is 0 Å². The molecule has 8 heteroatoms. The fourth-order valence-electron chi connectivity index (χ4n) is 3.51. The summed E-state index contributed by atoms with van der Waals surface area (Å²) >= 11 is 18.0. The van der Waals surface area contributed by atoms with Crippen LogP contribution in [0.15, 0.2) is 46.9 Å². The van der Waals surface area contributed by atoms with E-state index < -0.39 is 0 Å². The molecule has 29 heavy (non-hydrogen) atoms. The van der Waals surface area contributed by atoms with Gasteiger partial charge < -0.3 is 9.73 Å². The molecule has 0 spiro atoms. The first kappa shape index (κ1) is 20.4. The average molecular weight is 449 g/mol.